The molecule has 6 heteroatoms. The number of aliphatic hydroxyl groups excluding tert-OH is 3. The van der Waals surface area contributed by atoms with Crippen molar-refractivity contribution in [2.45, 2.75) is 56.4 Å². The van der Waals surface area contributed by atoms with Gasteiger partial charge in [0, 0.05) is 13.5 Å². The van der Waals surface area contributed by atoms with Crippen LogP contribution in [0, 0.1) is 0 Å². The zero-order chi connectivity index (χ0) is 17.6. The Morgan fingerprint density at radius 3 is 2.62 bits per heavy atom. The molecule has 0 unspecified atom stereocenters. The minimum Gasteiger partial charge on any atom is -0.395 e. The van der Waals surface area contributed by atoms with Gasteiger partial charge in [-0.3, -0.25) is 4.79 Å². The van der Waals surface area contributed by atoms with Crippen molar-refractivity contribution >= 4 is 5.91 Å². The maximum absolute atomic E-state index is 11.6. The van der Waals surface area contributed by atoms with Crippen molar-refractivity contribution in [1.29, 1.82) is 0 Å². The van der Waals surface area contributed by atoms with Crippen molar-refractivity contribution in [2.24, 2.45) is 0 Å². The fourth-order valence-electron chi connectivity index (χ4n) is 3.44. The highest BCUT2D eigenvalue weighted by Gasteiger charge is 2.48. The molecule has 1 fully saturated rings. The first-order valence-corrected chi connectivity index (χ1v) is 8.51. The van der Waals surface area contributed by atoms with Crippen LogP contribution in [0.15, 0.2) is 30.3 Å². The van der Waals surface area contributed by atoms with Crippen LogP contribution in [0.4, 0.5) is 0 Å². The average Bonchev–Trinajstić information content (AvgIpc) is 2.57. The SMILES string of the molecule is CC(=O)N[C@@]1(CCCCc2ccccc2)CN[C@H](CO)[C@@H](O)[C@@H]1O. The van der Waals surface area contributed by atoms with E-state index in [1.807, 2.05) is 18.2 Å². The molecule has 6 nitrogen and oxygen atoms in total. The van der Waals surface area contributed by atoms with Crippen molar-refractivity contribution in [3.8, 4) is 0 Å². The van der Waals surface area contributed by atoms with E-state index in [-0.39, 0.29) is 12.5 Å². The summed E-state index contributed by atoms with van der Waals surface area (Å²) in [7, 11) is 0. The molecule has 1 aromatic rings. The van der Waals surface area contributed by atoms with Crippen LogP contribution in [0.2, 0.25) is 0 Å². The number of carbonyl (C=O) groups is 1. The van der Waals surface area contributed by atoms with E-state index in [4.69, 9.17) is 0 Å². The Hall–Kier alpha value is -1.47. The Kier molecular flexibility index (Phi) is 6.74. The van der Waals surface area contributed by atoms with Gasteiger partial charge in [0.2, 0.25) is 5.91 Å². The van der Waals surface area contributed by atoms with E-state index in [0.717, 1.165) is 19.3 Å². The minimum absolute atomic E-state index is 0.242. The second-order valence-corrected chi connectivity index (χ2v) is 6.64. The third-order valence-electron chi connectivity index (χ3n) is 4.78. The van der Waals surface area contributed by atoms with E-state index in [1.165, 1.54) is 12.5 Å². The standard InChI is InChI=1S/C18H28N2O4/c1-13(22)20-18(12-19-15(11-21)16(23)17(18)24)10-6-5-9-14-7-3-2-4-8-14/h2-4,7-8,15-17,19,21,23-24H,5-6,9-12H2,1H3,(H,20,22)/t15-,16-,17+,18+/m1/s1. The van der Waals surface area contributed by atoms with Crippen LogP contribution in [0.25, 0.3) is 0 Å². The molecular formula is C18H28N2O4. The maximum atomic E-state index is 11.6. The number of unbranched alkanes of at least 4 members (excludes halogenated alkanes) is 1. The normalized spacial score (nSPS) is 30.1. The summed E-state index contributed by atoms with van der Waals surface area (Å²) in [5.41, 5.74) is 0.349. The summed E-state index contributed by atoms with van der Waals surface area (Å²) in [6.45, 7) is 1.46. The van der Waals surface area contributed by atoms with Gasteiger partial charge in [-0.1, -0.05) is 36.8 Å². The molecule has 1 aromatic carbocycles. The van der Waals surface area contributed by atoms with Crippen molar-refractivity contribution in [2.75, 3.05) is 13.2 Å². The molecule has 4 atom stereocenters. The maximum Gasteiger partial charge on any atom is 0.217 e. The second kappa shape index (κ2) is 8.58. The topological polar surface area (TPSA) is 102 Å². The van der Waals surface area contributed by atoms with Gasteiger partial charge in [0.1, 0.15) is 6.10 Å². The van der Waals surface area contributed by atoms with Crippen LogP contribution < -0.4 is 10.6 Å². The first-order valence-electron chi connectivity index (χ1n) is 8.51. The Bertz CT molecular complexity index is 525. The lowest BCUT2D eigenvalue weighted by Gasteiger charge is -2.47. The van der Waals surface area contributed by atoms with Gasteiger partial charge < -0.3 is 26.0 Å². The fourth-order valence-corrected chi connectivity index (χ4v) is 3.44. The van der Waals surface area contributed by atoms with Gasteiger partial charge in [0.15, 0.2) is 0 Å². The van der Waals surface area contributed by atoms with Gasteiger partial charge in [-0.05, 0) is 24.8 Å². The summed E-state index contributed by atoms with van der Waals surface area (Å²) in [4.78, 5) is 11.6. The summed E-state index contributed by atoms with van der Waals surface area (Å²) in [6, 6.07) is 9.58. The molecule has 5 N–H and O–H groups in total. The largest absolute Gasteiger partial charge is 0.395 e. The van der Waals surface area contributed by atoms with E-state index in [1.54, 1.807) is 0 Å². The average molecular weight is 336 g/mol. The first-order chi connectivity index (χ1) is 11.5. The monoisotopic (exact) mass is 336 g/mol. The molecule has 0 aromatic heterocycles. The molecule has 1 amide bonds. The summed E-state index contributed by atoms with van der Waals surface area (Å²) in [5, 5.41) is 35.8. The van der Waals surface area contributed by atoms with Crippen molar-refractivity contribution in [1.82, 2.24) is 10.6 Å². The second-order valence-electron chi connectivity index (χ2n) is 6.64. The third-order valence-corrected chi connectivity index (χ3v) is 4.78. The van der Waals surface area contributed by atoms with E-state index in [2.05, 4.69) is 22.8 Å². The smallest absolute Gasteiger partial charge is 0.217 e. The lowest BCUT2D eigenvalue weighted by molar-refractivity contribution is -0.130. The molecule has 0 spiro atoms. The van der Waals surface area contributed by atoms with Crippen molar-refractivity contribution < 1.29 is 20.1 Å². The van der Waals surface area contributed by atoms with Crippen molar-refractivity contribution in [3.05, 3.63) is 35.9 Å². The molecule has 0 saturated carbocycles. The van der Waals surface area contributed by atoms with Gasteiger partial charge in [-0.25, -0.2) is 0 Å². The van der Waals surface area contributed by atoms with Gasteiger partial charge >= 0.3 is 0 Å². The predicted molar refractivity (Wildman–Crippen MR) is 91.4 cm³/mol. The molecule has 0 radical (unpaired) electrons. The zero-order valence-electron chi connectivity index (χ0n) is 14.1. The fraction of sp³-hybridized carbons (Fsp3) is 0.611. The number of hydrogen-bond donors (Lipinski definition) is 5. The summed E-state index contributed by atoms with van der Waals surface area (Å²) in [6.07, 6.45) is 0.994. The Morgan fingerprint density at radius 1 is 1.29 bits per heavy atom. The highest BCUT2D eigenvalue weighted by atomic mass is 16.3. The van der Waals surface area contributed by atoms with Crippen LogP contribution in [0.1, 0.15) is 31.7 Å². The molecule has 0 bridgehead atoms. The molecule has 1 aliphatic heterocycles. The summed E-state index contributed by atoms with van der Waals surface area (Å²) < 4.78 is 0. The first kappa shape index (κ1) is 18.9. The van der Waals surface area contributed by atoms with Crippen LogP contribution in [-0.4, -0.2) is 58.2 Å². The summed E-state index contributed by atoms with van der Waals surface area (Å²) >= 11 is 0. The molecule has 0 aliphatic carbocycles. The lowest BCUT2D eigenvalue weighted by Crippen LogP contribution is -2.73. The molecule has 24 heavy (non-hydrogen) atoms. The van der Waals surface area contributed by atoms with Crippen LogP contribution >= 0.6 is 0 Å². The van der Waals surface area contributed by atoms with Gasteiger partial charge in [0.05, 0.1) is 24.3 Å². The van der Waals surface area contributed by atoms with E-state index < -0.39 is 23.8 Å². The minimum atomic E-state index is -1.12. The number of rotatable bonds is 7. The quantitative estimate of drug-likeness (QED) is 0.450. The van der Waals surface area contributed by atoms with E-state index in [9.17, 15) is 20.1 Å². The number of nitrogens with one attached hydrogen (secondary N) is 2. The number of carbonyl (C=O) groups excluding carboxylic acids is 1. The van der Waals surface area contributed by atoms with Crippen LogP contribution in [0.3, 0.4) is 0 Å². The molecule has 1 saturated heterocycles. The lowest BCUT2D eigenvalue weighted by atomic mass is 9.78. The Morgan fingerprint density at radius 2 is 2.00 bits per heavy atom. The molecule has 2 rings (SSSR count). The molecule has 134 valence electrons. The van der Waals surface area contributed by atoms with Gasteiger partial charge in [-0.15, -0.1) is 0 Å². The van der Waals surface area contributed by atoms with Crippen LogP contribution in [-0.2, 0) is 11.2 Å². The number of benzene rings is 1. The van der Waals surface area contributed by atoms with Crippen molar-refractivity contribution in [3.63, 3.8) is 0 Å². The number of aliphatic hydroxyl groups is 3. The molecule has 1 aliphatic rings. The van der Waals surface area contributed by atoms with E-state index >= 15 is 0 Å². The number of piperidine rings is 1. The van der Waals surface area contributed by atoms with Gasteiger partial charge in [0.25, 0.3) is 0 Å². The highest BCUT2D eigenvalue weighted by molar-refractivity contribution is 5.74. The van der Waals surface area contributed by atoms with Gasteiger partial charge in [-0.2, -0.15) is 0 Å². The third kappa shape index (κ3) is 4.54. The Balaban J connectivity index is 1.96. The summed E-state index contributed by atoms with van der Waals surface area (Å²) in [5.74, 6) is -0.242. The van der Waals surface area contributed by atoms with E-state index in [0.29, 0.717) is 13.0 Å². The zero-order valence-corrected chi connectivity index (χ0v) is 14.1. The molecular weight excluding hydrogens is 308 g/mol. The predicted octanol–water partition coefficient (Wildman–Crippen LogP) is -0.0398. The highest BCUT2D eigenvalue weighted by Crippen LogP contribution is 2.26. The van der Waals surface area contributed by atoms with Crippen LogP contribution in [0.5, 0.6) is 0 Å². The number of aryl methyl sites for hydroxylation is 1. The molecule has 1 heterocycles. The number of amides is 1. The Labute approximate surface area is 142 Å². The number of hydrogen-bond acceptors (Lipinski definition) is 5.